The van der Waals surface area contributed by atoms with Gasteiger partial charge < -0.3 is 9.84 Å². The molecule has 0 aliphatic carbocycles. The molecule has 0 heterocycles. The molecule has 3 nitrogen and oxygen atoms in total. The molecule has 2 atom stereocenters. The number of aliphatic hydroxyl groups is 1. The first-order valence-electron chi connectivity index (χ1n) is 6.61. The fourth-order valence-corrected chi connectivity index (χ4v) is 2.40. The molecular formula is C17H17ClO3. The van der Waals surface area contributed by atoms with Crippen LogP contribution in [0.1, 0.15) is 24.0 Å². The summed E-state index contributed by atoms with van der Waals surface area (Å²) in [5.41, 5.74) is 1.69. The molecule has 0 radical (unpaired) electrons. The van der Waals surface area contributed by atoms with E-state index in [1.807, 2.05) is 36.4 Å². The minimum atomic E-state index is -1.10. The summed E-state index contributed by atoms with van der Waals surface area (Å²) >= 11 is 5.90. The van der Waals surface area contributed by atoms with Gasteiger partial charge in [0.15, 0.2) is 5.78 Å². The second-order valence-corrected chi connectivity index (χ2v) is 5.29. The van der Waals surface area contributed by atoms with E-state index in [1.165, 1.54) is 6.92 Å². The molecule has 2 aromatic carbocycles. The second kappa shape index (κ2) is 6.74. The maximum absolute atomic E-state index is 11.6. The predicted molar refractivity (Wildman–Crippen MR) is 83.0 cm³/mol. The molecule has 4 heteroatoms. The van der Waals surface area contributed by atoms with E-state index in [-0.39, 0.29) is 5.78 Å². The molecule has 2 rings (SSSR count). The highest BCUT2D eigenvalue weighted by Crippen LogP contribution is 2.30. The molecule has 0 aliphatic rings. The summed E-state index contributed by atoms with van der Waals surface area (Å²) in [6.45, 7) is 1.39. The Labute approximate surface area is 129 Å². The van der Waals surface area contributed by atoms with Gasteiger partial charge in [0.25, 0.3) is 0 Å². The monoisotopic (exact) mass is 304 g/mol. The van der Waals surface area contributed by atoms with Gasteiger partial charge in [0.2, 0.25) is 0 Å². The van der Waals surface area contributed by atoms with Crippen LogP contribution in [-0.4, -0.2) is 24.1 Å². The van der Waals surface area contributed by atoms with Crippen molar-refractivity contribution in [1.82, 2.24) is 0 Å². The van der Waals surface area contributed by atoms with Gasteiger partial charge in [-0.05, 0) is 42.3 Å². The van der Waals surface area contributed by atoms with Gasteiger partial charge in [-0.15, -0.1) is 0 Å². The summed E-state index contributed by atoms with van der Waals surface area (Å²) in [6.07, 6.45) is -1.10. The van der Waals surface area contributed by atoms with Gasteiger partial charge in [0.05, 0.1) is 7.11 Å². The van der Waals surface area contributed by atoms with E-state index in [0.29, 0.717) is 5.02 Å². The van der Waals surface area contributed by atoms with Crippen molar-refractivity contribution in [2.45, 2.75) is 18.9 Å². The first-order valence-corrected chi connectivity index (χ1v) is 6.98. The molecule has 110 valence electrons. The predicted octanol–water partition coefficient (Wildman–Crippen LogP) is 3.43. The molecule has 0 aromatic heterocycles. The van der Waals surface area contributed by atoms with Crippen molar-refractivity contribution in [3.05, 3.63) is 64.7 Å². The lowest BCUT2D eigenvalue weighted by molar-refractivity contribution is -0.125. The van der Waals surface area contributed by atoms with Crippen molar-refractivity contribution in [2.24, 2.45) is 0 Å². The Kier molecular flexibility index (Phi) is 4.99. The summed E-state index contributed by atoms with van der Waals surface area (Å²) < 4.78 is 5.13. The minimum absolute atomic E-state index is 0.272. The van der Waals surface area contributed by atoms with Gasteiger partial charge in [0, 0.05) is 10.9 Å². The number of carbonyl (C=O) groups excluding carboxylic acids is 1. The third-order valence-electron chi connectivity index (χ3n) is 3.44. The Bertz CT molecular complexity index is 605. The van der Waals surface area contributed by atoms with E-state index < -0.39 is 12.0 Å². The second-order valence-electron chi connectivity index (χ2n) is 4.86. The number of Topliss-reactive ketones (excluding diaryl/α,β-unsaturated/α-hetero) is 1. The molecule has 0 aliphatic heterocycles. The van der Waals surface area contributed by atoms with Crippen molar-refractivity contribution in [2.75, 3.05) is 7.11 Å². The number of ketones is 1. The summed E-state index contributed by atoms with van der Waals surface area (Å²) in [7, 11) is 1.59. The van der Waals surface area contributed by atoms with Gasteiger partial charge in [-0.2, -0.15) is 0 Å². The van der Waals surface area contributed by atoms with Crippen LogP contribution in [0.3, 0.4) is 0 Å². The zero-order valence-corrected chi connectivity index (χ0v) is 12.7. The van der Waals surface area contributed by atoms with Crippen molar-refractivity contribution in [3.8, 4) is 5.75 Å². The highest BCUT2D eigenvalue weighted by molar-refractivity contribution is 6.30. The van der Waals surface area contributed by atoms with Gasteiger partial charge in [-0.25, -0.2) is 0 Å². The smallest absolute Gasteiger partial charge is 0.159 e. The van der Waals surface area contributed by atoms with Gasteiger partial charge >= 0.3 is 0 Å². The number of hydrogen-bond acceptors (Lipinski definition) is 3. The molecule has 2 aromatic rings. The van der Waals surface area contributed by atoms with Crippen molar-refractivity contribution in [3.63, 3.8) is 0 Å². The van der Waals surface area contributed by atoms with E-state index >= 15 is 0 Å². The lowest BCUT2D eigenvalue weighted by Crippen LogP contribution is -2.26. The number of carbonyl (C=O) groups is 1. The standard InChI is InChI=1S/C17H17ClO3/c1-11(19)17(20)16(12-3-7-14(18)8-4-12)13-5-9-15(21-2)10-6-13/h3-10,16-17,20H,1-2H3. The summed E-state index contributed by atoms with van der Waals surface area (Å²) in [6, 6.07) is 14.5. The number of methoxy groups -OCH3 is 1. The number of hydrogen-bond donors (Lipinski definition) is 1. The van der Waals surface area contributed by atoms with Crippen LogP contribution in [0.2, 0.25) is 5.02 Å². The first kappa shape index (κ1) is 15.5. The van der Waals surface area contributed by atoms with Crippen LogP contribution < -0.4 is 4.74 Å². The fourth-order valence-electron chi connectivity index (χ4n) is 2.27. The van der Waals surface area contributed by atoms with Crippen LogP contribution in [0, 0.1) is 0 Å². The van der Waals surface area contributed by atoms with Crippen LogP contribution in [0.15, 0.2) is 48.5 Å². The molecule has 0 spiro atoms. The highest BCUT2D eigenvalue weighted by atomic mass is 35.5. The Morgan fingerprint density at radius 2 is 1.52 bits per heavy atom. The SMILES string of the molecule is COc1ccc(C(c2ccc(Cl)cc2)C(O)C(C)=O)cc1. The molecule has 2 unspecified atom stereocenters. The molecule has 0 amide bonds. The zero-order chi connectivity index (χ0) is 15.4. The average Bonchev–Trinajstić information content (AvgIpc) is 2.50. The van der Waals surface area contributed by atoms with E-state index in [1.54, 1.807) is 19.2 Å². The highest BCUT2D eigenvalue weighted by Gasteiger charge is 2.26. The third-order valence-corrected chi connectivity index (χ3v) is 3.69. The molecule has 0 fully saturated rings. The molecule has 0 bridgehead atoms. The summed E-state index contributed by atoms with van der Waals surface area (Å²) in [5, 5.41) is 10.9. The minimum Gasteiger partial charge on any atom is -0.497 e. The van der Waals surface area contributed by atoms with Crippen LogP contribution in [0.25, 0.3) is 0 Å². The topological polar surface area (TPSA) is 46.5 Å². The average molecular weight is 305 g/mol. The van der Waals surface area contributed by atoms with Gasteiger partial charge in [-0.3, -0.25) is 4.79 Å². The Morgan fingerprint density at radius 3 is 1.95 bits per heavy atom. The van der Waals surface area contributed by atoms with Crippen molar-refractivity contribution in [1.29, 1.82) is 0 Å². The van der Waals surface area contributed by atoms with E-state index in [0.717, 1.165) is 16.9 Å². The lowest BCUT2D eigenvalue weighted by atomic mass is 9.85. The van der Waals surface area contributed by atoms with E-state index in [2.05, 4.69) is 0 Å². The number of benzene rings is 2. The molecule has 21 heavy (non-hydrogen) atoms. The third kappa shape index (κ3) is 3.63. The number of halogens is 1. The quantitative estimate of drug-likeness (QED) is 0.920. The maximum atomic E-state index is 11.6. The number of aliphatic hydroxyl groups excluding tert-OH is 1. The Hall–Kier alpha value is -1.84. The van der Waals surface area contributed by atoms with Gasteiger partial charge in [0.1, 0.15) is 11.9 Å². The van der Waals surface area contributed by atoms with Crippen LogP contribution >= 0.6 is 11.6 Å². The number of ether oxygens (including phenoxy) is 1. The van der Waals surface area contributed by atoms with Crippen LogP contribution in [0.5, 0.6) is 5.75 Å². The fraction of sp³-hybridized carbons (Fsp3) is 0.235. The molecule has 0 saturated carbocycles. The zero-order valence-electron chi connectivity index (χ0n) is 11.9. The summed E-state index contributed by atoms with van der Waals surface area (Å²) in [4.78, 5) is 11.6. The molecule has 1 N–H and O–H groups in total. The normalized spacial score (nSPS) is 13.5. The Morgan fingerprint density at radius 1 is 1.05 bits per heavy atom. The van der Waals surface area contributed by atoms with Crippen LogP contribution in [0.4, 0.5) is 0 Å². The lowest BCUT2D eigenvalue weighted by Gasteiger charge is -2.22. The maximum Gasteiger partial charge on any atom is 0.159 e. The van der Waals surface area contributed by atoms with Crippen molar-refractivity contribution >= 4 is 17.4 Å². The first-order chi connectivity index (χ1) is 10.0. The van der Waals surface area contributed by atoms with Gasteiger partial charge in [-0.1, -0.05) is 35.9 Å². The van der Waals surface area contributed by atoms with Crippen molar-refractivity contribution < 1.29 is 14.6 Å². The molecule has 0 saturated heterocycles. The summed E-state index contributed by atoms with van der Waals surface area (Å²) in [5.74, 6) is 0.0300. The van der Waals surface area contributed by atoms with E-state index in [4.69, 9.17) is 16.3 Å². The Balaban J connectivity index is 2.44. The van der Waals surface area contributed by atoms with E-state index in [9.17, 15) is 9.90 Å². The van der Waals surface area contributed by atoms with Crippen LogP contribution in [-0.2, 0) is 4.79 Å². The molecular weight excluding hydrogens is 288 g/mol. The largest absolute Gasteiger partial charge is 0.497 e. The number of rotatable bonds is 5.